The third-order valence-corrected chi connectivity index (χ3v) is 10.1. The van der Waals surface area contributed by atoms with Crippen molar-refractivity contribution in [1.29, 1.82) is 5.26 Å². The van der Waals surface area contributed by atoms with Crippen molar-refractivity contribution in [2.75, 3.05) is 56.6 Å². The number of nitrogens with two attached hydrogens (primary N) is 1. The molecule has 2 N–H and O–H groups in total. The van der Waals surface area contributed by atoms with Gasteiger partial charge in [-0.15, -0.1) is 0 Å². The second-order valence-corrected chi connectivity index (χ2v) is 12.6. The second-order valence-electron chi connectivity index (χ2n) is 12.6. The molecule has 3 fully saturated rings. The maximum atomic E-state index is 14.4. The molecule has 9 nitrogen and oxygen atoms in total. The highest BCUT2D eigenvalue weighted by molar-refractivity contribution is 5.64. The lowest BCUT2D eigenvalue weighted by molar-refractivity contribution is -0.0873. The Bertz CT molecular complexity index is 1370. The van der Waals surface area contributed by atoms with Crippen LogP contribution in [-0.4, -0.2) is 72.6 Å². The summed E-state index contributed by atoms with van der Waals surface area (Å²) in [6.07, 6.45) is 4.82. The van der Waals surface area contributed by atoms with Crippen molar-refractivity contribution in [2.24, 2.45) is 0 Å². The fourth-order valence-electron chi connectivity index (χ4n) is 7.96. The van der Waals surface area contributed by atoms with Gasteiger partial charge in [-0.05, 0) is 56.2 Å². The van der Waals surface area contributed by atoms with Crippen LogP contribution >= 0.6 is 0 Å². The summed E-state index contributed by atoms with van der Waals surface area (Å²) in [6, 6.07) is 6.61. The van der Waals surface area contributed by atoms with Crippen LogP contribution in [0.25, 0.3) is 0 Å². The van der Waals surface area contributed by atoms with Crippen LogP contribution in [0.2, 0.25) is 0 Å². The van der Waals surface area contributed by atoms with Crippen molar-refractivity contribution >= 4 is 11.5 Å². The third kappa shape index (κ3) is 4.53. The number of aromatic nitrogens is 2. The Morgan fingerprint density at radius 3 is 2.98 bits per heavy atom. The molecule has 2 aromatic rings. The summed E-state index contributed by atoms with van der Waals surface area (Å²) in [5.41, 5.74) is 10.3. The largest absolute Gasteiger partial charge is 0.461 e. The first-order chi connectivity index (χ1) is 19.9. The van der Waals surface area contributed by atoms with Gasteiger partial charge in [0.1, 0.15) is 30.3 Å². The summed E-state index contributed by atoms with van der Waals surface area (Å²) in [5.74, 6) is 1.14. The summed E-state index contributed by atoms with van der Waals surface area (Å²) >= 11 is 0. The zero-order valence-electron chi connectivity index (χ0n) is 23.8. The van der Waals surface area contributed by atoms with E-state index < -0.39 is 11.8 Å². The van der Waals surface area contributed by atoms with Gasteiger partial charge in [-0.3, -0.25) is 4.90 Å². The molecule has 4 aliphatic heterocycles. The first-order valence-electron chi connectivity index (χ1n) is 15.1. The van der Waals surface area contributed by atoms with E-state index in [1.165, 1.54) is 0 Å². The number of fused-ring (bicyclic) bond motifs is 4. The van der Waals surface area contributed by atoms with Gasteiger partial charge in [-0.25, -0.2) is 4.39 Å². The summed E-state index contributed by atoms with van der Waals surface area (Å²) in [6.45, 7) is 7.22. The van der Waals surface area contributed by atoms with Crippen LogP contribution in [0.3, 0.4) is 0 Å². The zero-order chi connectivity index (χ0) is 28.2. The fraction of sp³-hybridized carbons (Fsp3) is 0.645. The van der Waals surface area contributed by atoms with Gasteiger partial charge in [0.25, 0.3) is 0 Å². The maximum Gasteiger partial charge on any atom is 0.318 e. The van der Waals surface area contributed by atoms with Gasteiger partial charge in [0.05, 0.1) is 30.0 Å². The highest BCUT2D eigenvalue weighted by Crippen LogP contribution is 2.51. The van der Waals surface area contributed by atoms with E-state index >= 15 is 0 Å². The molecule has 0 saturated carbocycles. The van der Waals surface area contributed by atoms with Gasteiger partial charge in [0.15, 0.2) is 0 Å². The van der Waals surface area contributed by atoms with E-state index in [0.29, 0.717) is 62.4 Å². The Balaban J connectivity index is 1.28. The minimum Gasteiger partial charge on any atom is -0.461 e. The van der Waals surface area contributed by atoms with E-state index in [2.05, 4.69) is 28.9 Å². The van der Waals surface area contributed by atoms with Crippen LogP contribution in [0.1, 0.15) is 79.3 Å². The first-order valence-corrected chi connectivity index (χ1v) is 15.1. The van der Waals surface area contributed by atoms with E-state index in [1.807, 2.05) is 6.07 Å². The fourth-order valence-corrected chi connectivity index (χ4v) is 7.96. The van der Waals surface area contributed by atoms with Crippen LogP contribution in [0.4, 0.5) is 15.9 Å². The van der Waals surface area contributed by atoms with Crippen LogP contribution in [0.15, 0.2) is 12.1 Å². The van der Waals surface area contributed by atoms with E-state index in [-0.39, 0.29) is 5.54 Å². The molecule has 4 atom stereocenters. The molecular formula is C31H39FN6O3. The molecule has 5 heterocycles. The molecule has 1 aliphatic carbocycles. The molecule has 5 aliphatic rings. The Kier molecular flexibility index (Phi) is 6.80. The van der Waals surface area contributed by atoms with E-state index in [9.17, 15) is 9.65 Å². The molecule has 0 amide bonds. The normalized spacial score (nSPS) is 31.3. The van der Waals surface area contributed by atoms with Crippen LogP contribution in [-0.2, 0) is 28.1 Å². The monoisotopic (exact) mass is 562 g/mol. The second kappa shape index (κ2) is 10.4. The first kappa shape index (κ1) is 26.9. The molecule has 1 aromatic heterocycles. The van der Waals surface area contributed by atoms with Crippen LogP contribution in [0, 0.1) is 11.3 Å². The van der Waals surface area contributed by atoms with E-state index in [0.717, 1.165) is 86.5 Å². The average Bonchev–Trinajstić information content (AvgIpc) is 3.35. The Morgan fingerprint density at radius 1 is 1.20 bits per heavy atom. The number of halogens is 1. The number of anilines is 2. The van der Waals surface area contributed by atoms with Gasteiger partial charge in [-0.1, -0.05) is 13.0 Å². The number of benzene rings is 1. The van der Waals surface area contributed by atoms with Crippen molar-refractivity contribution < 1.29 is 18.6 Å². The van der Waals surface area contributed by atoms with Crippen LogP contribution < -0.4 is 15.4 Å². The number of ether oxygens (including phenoxy) is 3. The number of nitrogens with zero attached hydrogens (tertiary/aromatic N) is 5. The lowest BCUT2D eigenvalue weighted by Gasteiger charge is -2.45. The van der Waals surface area contributed by atoms with Gasteiger partial charge in [-0.2, -0.15) is 15.2 Å². The molecule has 0 radical (unpaired) electrons. The van der Waals surface area contributed by atoms with Gasteiger partial charge < -0.3 is 24.8 Å². The summed E-state index contributed by atoms with van der Waals surface area (Å²) in [4.78, 5) is 14.5. The molecule has 1 spiro atoms. The average molecular weight is 563 g/mol. The molecule has 218 valence electrons. The summed E-state index contributed by atoms with van der Waals surface area (Å²) in [7, 11) is 0. The third-order valence-electron chi connectivity index (χ3n) is 10.1. The molecule has 1 aromatic carbocycles. The molecule has 3 saturated heterocycles. The smallest absolute Gasteiger partial charge is 0.318 e. The number of nitriles is 1. The van der Waals surface area contributed by atoms with Crippen molar-refractivity contribution in [3.8, 4) is 12.1 Å². The summed E-state index contributed by atoms with van der Waals surface area (Å²) in [5, 5.41) is 10.1. The number of alkyl halides is 1. The van der Waals surface area contributed by atoms with Gasteiger partial charge in [0.2, 0.25) is 0 Å². The van der Waals surface area contributed by atoms with Crippen LogP contribution in [0.5, 0.6) is 6.01 Å². The molecule has 0 bridgehead atoms. The van der Waals surface area contributed by atoms with Crippen molar-refractivity contribution in [1.82, 2.24) is 14.9 Å². The maximum absolute atomic E-state index is 14.4. The minimum atomic E-state index is -0.816. The molecule has 41 heavy (non-hydrogen) atoms. The van der Waals surface area contributed by atoms with Crippen molar-refractivity contribution in [3.05, 3.63) is 40.1 Å². The Labute approximate surface area is 240 Å². The topological polar surface area (TPSA) is 110 Å². The molecular weight excluding hydrogens is 523 g/mol. The van der Waals surface area contributed by atoms with Crippen molar-refractivity contribution in [2.45, 2.75) is 81.7 Å². The lowest BCUT2D eigenvalue weighted by atomic mass is 9.69. The molecule has 0 unspecified atom stereocenters. The van der Waals surface area contributed by atoms with Gasteiger partial charge in [0, 0.05) is 55.9 Å². The number of hydrogen-bond acceptors (Lipinski definition) is 9. The minimum absolute atomic E-state index is 0.280. The van der Waals surface area contributed by atoms with Crippen molar-refractivity contribution in [3.63, 3.8) is 0 Å². The summed E-state index contributed by atoms with van der Waals surface area (Å²) < 4.78 is 33.4. The van der Waals surface area contributed by atoms with E-state index in [4.69, 9.17) is 29.9 Å². The quantitative estimate of drug-likeness (QED) is 0.554. The standard InChI is InChI=1S/C31H39FN6O3/c1-20-6-8-31(27-22(20)4-5-25(34)23(27)16-33)15-26-24(18-41-31)28(37-9-3-12-39-13-11-37)36-29(35-26)40-19-30-7-2-10-38(30)17-21(32)14-30/h4-5,20-21H,2-3,6-15,17-19,34H2,1H3/t20-,21+,30-,31+/m0/s1. The lowest BCUT2D eigenvalue weighted by Crippen LogP contribution is -2.44. The number of nitrogen functional groups attached to an aromatic ring is 1. The SMILES string of the molecule is C[C@H]1CC[C@@]2(Cc3nc(OC[C@@]45CCCN4C[C@H](F)C5)nc(N4CCCOCC4)c3CO2)c2c1ccc(N)c2C#N. The Morgan fingerprint density at radius 2 is 2.10 bits per heavy atom. The predicted octanol–water partition coefficient (Wildman–Crippen LogP) is 3.98. The molecule has 7 rings (SSSR count). The Hall–Kier alpha value is -3.00. The van der Waals surface area contributed by atoms with E-state index in [1.54, 1.807) is 0 Å². The number of hydrogen-bond donors (Lipinski definition) is 1. The zero-order valence-corrected chi connectivity index (χ0v) is 23.8. The van der Waals surface area contributed by atoms with Gasteiger partial charge >= 0.3 is 6.01 Å². The highest BCUT2D eigenvalue weighted by Gasteiger charge is 2.50. The number of rotatable bonds is 4. The predicted molar refractivity (Wildman–Crippen MR) is 152 cm³/mol. The molecule has 10 heteroatoms. The highest BCUT2D eigenvalue weighted by atomic mass is 19.1.